The molecule has 0 unspecified atom stereocenters. The van der Waals surface area contributed by atoms with Crippen LogP contribution in [0.1, 0.15) is 23.0 Å². The summed E-state index contributed by atoms with van der Waals surface area (Å²) >= 11 is 0. The van der Waals surface area contributed by atoms with E-state index in [4.69, 9.17) is 9.15 Å². The number of hydrogen-bond donors (Lipinski definition) is 1. The first-order valence-electron chi connectivity index (χ1n) is 7.86. The highest BCUT2D eigenvalue weighted by Crippen LogP contribution is 2.23. The van der Waals surface area contributed by atoms with Crippen molar-refractivity contribution in [3.8, 4) is 17.1 Å². The Morgan fingerprint density at radius 2 is 1.96 bits per heavy atom. The molecule has 25 heavy (non-hydrogen) atoms. The topological polar surface area (TPSA) is 72.0 Å². The van der Waals surface area contributed by atoms with Crippen LogP contribution >= 0.6 is 0 Å². The minimum atomic E-state index is -0.356. The summed E-state index contributed by atoms with van der Waals surface area (Å²) < 4.78 is 10.8. The number of phenolic OH excluding ortho intramolecular Hbond substituents is 1. The number of benzene rings is 2. The summed E-state index contributed by atoms with van der Waals surface area (Å²) in [5.41, 5.74) is 1.98. The molecule has 2 aromatic carbocycles. The van der Waals surface area contributed by atoms with Crippen LogP contribution in [-0.2, 0) is 4.74 Å². The number of nitrogens with zero attached hydrogens (tertiary/aromatic N) is 1. The molecular formula is C20H17NO4. The molecule has 0 aliphatic carbocycles. The minimum absolute atomic E-state index is 0.195. The zero-order valence-electron chi connectivity index (χ0n) is 13.7. The van der Waals surface area contributed by atoms with Gasteiger partial charge in [0.2, 0.25) is 0 Å². The molecule has 1 heterocycles. The predicted octanol–water partition coefficient (Wildman–Crippen LogP) is 4.58. The number of esters is 1. The van der Waals surface area contributed by atoms with Crippen molar-refractivity contribution in [2.75, 3.05) is 6.61 Å². The first-order chi connectivity index (χ1) is 12.2. The van der Waals surface area contributed by atoms with E-state index in [9.17, 15) is 9.90 Å². The number of carbonyl (C=O) groups excluding carboxylic acids is 1. The van der Waals surface area contributed by atoms with Gasteiger partial charge in [0.25, 0.3) is 0 Å². The molecule has 126 valence electrons. The number of rotatable bonds is 5. The third kappa shape index (κ3) is 4.14. The van der Waals surface area contributed by atoms with Gasteiger partial charge in [-0.3, -0.25) is 4.99 Å². The van der Waals surface area contributed by atoms with Gasteiger partial charge in [-0.15, -0.1) is 0 Å². The first kappa shape index (κ1) is 16.5. The molecule has 5 nitrogen and oxygen atoms in total. The quantitative estimate of drug-likeness (QED) is 0.547. The molecule has 5 heteroatoms. The van der Waals surface area contributed by atoms with Gasteiger partial charge in [-0.25, -0.2) is 4.79 Å². The van der Waals surface area contributed by atoms with E-state index in [1.165, 1.54) is 0 Å². The van der Waals surface area contributed by atoms with Gasteiger partial charge in [-0.1, -0.05) is 12.1 Å². The lowest BCUT2D eigenvalue weighted by Crippen LogP contribution is -2.04. The van der Waals surface area contributed by atoms with Crippen molar-refractivity contribution < 1.29 is 19.1 Å². The van der Waals surface area contributed by atoms with Crippen LogP contribution in [0.15, 0.2) is 70.1 Å². The van der Waals surface area contributed by atoms with Crippen LogP contribution in [0, 0.1) is 0 Å². The number of aromatic hydroxyl groups is 1. The second kappa shape index (κ2) is 7.49. The highest BCUT2D eigenvalue weighted by Gasteiger charge is 2.09. The SMILES string of the molecule is CCOC(=O)c1cccc(-c2ccc(C=Nc3ccc(O)cc3)o2)c1. The highest BCUT2D eigenvalue weighted by molar-refractivity contribution is 5.91. The van der Waals surface area contributed by atoms with Crippen LogP contribution in [0.3, 0.4) is 0 Å². The Kier molecular flexibility index (Phi) is 4.95. The zero-order valence-corrected chi connectivity index (χ0v) is 13.7. The molecule has 0 radical (unpaired) electrons. The van der Waals surface area contributed by atoms with E-state index in [1.54, 1.807) is 61.7 Å². The maximum Gasteiger partial charge on any atom is 0.338 e. The largest absolute Gasteiger partial charge is 0.508 e. The molecule has 0 atom stereocenters. The third-order valence-corrected chi connectivity index (χ3v) is 3.48. The van der Waals surface area contributed by atoms with Gasteiger partial charge in [0, 0.05) is 5.56 Å². The van der Waals surface area contributed by atoms with Gasteiger partial charge in [-0.2, -0.15) is 0 Å². The number of ether oxygens (including phenoxy) is 1. The first-order valence-corrected chi connectivity index (χ1v) is 7.86. The fourth-order valence-electron chi connectivity index (χ4n) is 2.27. The van der Waals surface area contributed by atoms with E-state index in [2.05, 4.69) is 4.99 Å². The number of phenols is 1. The van der Waals surface area contributed by atoms with Crippen molar-refractivity contribution >= 4 is 17.9 Å². The Labute approximate surface area is 145 Å². The van der Waals surface area contributed by atoms with Crippen molar-refractivity contribution in [3.63, 3.8) is 0 Å². The Hall–Kier alpha value is -3.34. The van der Waals surface area contributed by atoms with Gasteiger partial charge >= 0.3 is 5.97 Å². The van der Waals surface area contributed by atoms with Gasteiger partial charge in [-0.05, 0) is 55.5 Å². The molecular weight excluding hydrogens is 318 g/mol. The molecule has 0 spiro atoms. The number of hydrogen-bond acceptors (Lipinski definition) is 5. The summed E-state index contributed by atoms with van der Waals surface area (Å²) in [4.78, 5) is 16.1. The van der Waals surface area contributed by atoms with E-state index >= 15 is 0 Å². The lowest BCUT2D eigenvalue weighted by Gasteiger charge is -2.03. The zero-order chi connectivity index (χ0) is 17.6. The third-order valence-electron chi connectivity index (χ3n) is 3.48. The van der Waals surface area contributed by atoms with E-state index in [0.717, 1.165) is 5.56 Å². The smallest absolute Gasteiger partial charge is 0.338 e. The summed E-state index contributed by atoms with van der Waals surface area (Å²) in [5.74, 6) is 1.06. The van der Waals surface area contributed by atoms with Gasteiger partial charge in [0.15, 0.2) is 0 Å². The summed E-state index contributed by atoms with van der Waals surface area (Å²) in [6.07, 6.45) is 1.60. The lowest BCUT2D eigenvalue weighted by molar-refractivity contribution is 0.0526. The Bertz CT molecular complexity index is 894. The van der Waals surface area contributed by atoms with Crippen molar-refractivity contribution in [1.82, 2.24) is 0 Å². The van der Waals surface area contributed by atoms with E-state index in [-0.39, 0.29) is 11.7 Å². The maximum atomic E-state index is 11.8. The summed E-state index contributed by atoms with van der Waals surface area (Å²) in [6, 6.07) is 17.3. The standard InChI is InChI=1S/C20H17NO4/c1-2-24-20(23)15-5-3-4-14(12-15)19-11-10-18(25-19)13-21-16-6-8-17(22)9-7-16/h3-13,22H,2H2,1H3. The summed E-state index contributed by atoms with van der Waals surface area (Å²) in [6.45, 7) is 2.11. The number of furan rings is 1. The minimum Gasteiger partial charge on any atom is -0.508 e. The van der Waals surface area contributed by atoms with Crippen LogP contribution < -0.4 is 0 Å². The van der Waals surface area contributed by atoms with Crippen molar-refractivity contribution in [1.29, 1.82) is 0 Å². The molecule has 0 fully saturated rings. The van der Waals surface area contributed by atoms with Gasteiger partial charge < -0.3 is 14.3 Å². The Morgan fingerprint density at radius 3 is 2.72 bits per heavy atom. The van der Waals surface area contributed by atoms with Crippen LogP contribution in [0.5, 0.6) is 5.75 Å². The van der Waals surface area contributed by atoms with Crippen molar-refractivity contribution in [2.24, 2.45) is 4.99 Å². The molecule has 0 saturated heterocycles. The molecule has 0 aliphatic rings. The maximum absolute atomic E-state index is 11.8. The molecule has 3 rings (SSSR count). The molecule has 0 saturated carbocycles. The van der Waals surface area contributed by atoms with E-state index in [1.807, 2.05) is 12.1 Å². The average Bonchev–Trinajstić information content (AvgIpc) is 3.11. The van der Waals surface area contributed by atoms with Crippen LogP contribution in [0.4, 0.5) is 5.69 Å². The second-order valence-corrected chi connectivity index (χ2v) is 5.28. The Morgan fingerprint density at radius 1 is 1.16 bits per heavy atom. The second-order valence-electron chi connectivity index (χ2n) is 5.28. The molecule has 0 aliphatic heterocycles. The Balaban J connectivity index is 1.78. The number of aliphatic imine (C=N–C) groups is 1. The van der Waals surface area contributed by atoms with Crippen LogP contribution in [0.25, 0.3) is 11.3 Å². The average molecular weight is 335 g/mol. The van der Waals surface area contributed by atoms with Crippen LogP contribution in [0.2, 0.25) is 0 Å². The molecule has 3 aromatic rings. The van der Waals surface area contributed by atoms with E-state index < -0.39 is 0 Å². The van der Waals surface area contributed by atoms with Gasteiger partial charge in [0.1, 0.15) is 17.3 Å². The van der Waals surface area contributed by atoms with Gasteiger partial charge in [0.05, 0.1) is 24.1 Å². The van der Waals surface area contributed by atoms with Crippen molar-refractivity contribution in [2.45, 2.75) is 6.92 Å². The molecule has 0 amide bonds. The highest BCUT2D eigenvalue weighted by atomic mass is 16.5. The van der Waals surface area contributed by atoms with Crippen LogP contribution in [-0.4, -0.2) is 23.9 Å². The normalized spacial score (nSPS) is 10.9. The summed E-state index contributed by atoms with van der Waals surface area (Å²) in [7, 11) is 0. The predicted molar refractivity (Wildman–Crippen MR) is 95.5 cm³/mol. The number of carbonyl (C=O) groups is 1. The van der Waals surface area contributed by atoms with Crippen molar-refractivity contribution in [3.05, 3.63) is 72.0 Å². The monoisotopic (exact) mass is 335 g/mol. The summed E-state index contributed by atoms with van der Waals surface area (Å²) in [5, 5.41) is 9.26. The molecule has 1 aromatic heterocycles. The fourth-order valence-corrected chi connectivity index (χ4v) is 2.27. The molecule has 1 N–H and O–H groups in total. The molecule has 0 bridgehead atoms. The lowest BCUT2D eigenvalue weighted by atomic mass is 10.1. The fraction of sp³-hybridized carbons (Fsp3) is 0.100. The van der Waals surface area contributed by atoms with E-state index in [0.29, 0.717) is 29.4 Å².